The monoisotopic (exact) mass is 300 g/mol. The van der Waals surface area contributed by atoms with Gasteiger partial charge in [0.25, 0.3) is 0 Å². The van der Waals surface area contributed by atoms with E-state index in [1.54, 1.807) is 0 Å². The van der Waals surface area contributed by atoms with Crippen LogP contribution in [-0.2, 0) is 23.5 Å². The largest absolute Gasteiger partial charge is 2.00 e. The fourth-order valence-electron chi connectivity index (χ4n) is 2.37. The van der Waals surface area contributed by atoms with Crippen LogP contribution in [0.25, 0.3) is 6.08 Å². The van der Waals surface area contributed by atoms with E-state index in [0.717, 1.165) is 6.42 Å². The average molecular weight is 300 g/mol. The Balaban J connectivity index is 0.000000210. The van der Waals surface area contributed by atoms with Gasteiger partial charge in [0.1, 0.15) is 0 Å². The van der Waals surface area contributed by atoms with E-state index in [4.69, 9.17) is 0 Å². The van der Waals surface area contributed by atoms with Crippen LogP contribution in [0.4, 0.5) is 0 Å². The summed E-state index contributed by atoms with van der Waals surface area (Å²) in [6.45, 7) is 0. The van der Waals surface area contributed by atoms with E-state index < -0.39 is 0 Å². The van der Waals surface area contributed by atoms with E-state index in [1.165, 1.54) is 22.6 Å². The van der Waals surface area contributed by atoms with Crippen molar-refractivity contribution in [3.8, 4) is 0 Å². The second kappa shape index (κ2) is 8.05. The average Bonchev–Trinajstić information content (AvgIpc) is 3.20. The zero-order valence-corrected chi connectivity index (χ0v) is 12.2. The third kappa shape index (κ3) is 3.99. The molecule has 0 aromatic heterocycles. The molecule has 1 aromatic carbocycles. The predicted octanol–water partition coefficient (Wildman–Crippen LogP) is 4.05. The van der Waals surface area contributed by atoms with E-state index in [0.29, 0.717) is 0 Å². The second-order valence-corrected chi connectivity index (χ2v) is 4.68. The third-order valence-electron chi connectivity index (χ3n) is 3.35. The summed E-state index contributed by atoms with van der Waals surface area (Å²) in [5, 5.41) is 0. The van der Waals surface area contributed by atoms with Crippen LogP contribution >= 0.6 is 0 Å². The number of fused-ring (bicyclic) bond motifs is 1. The van der Waals surface area contributed by atoms with Gasteiger partial charge in [-0.15, -0.1) is 0 Å². The summed E-state index contributed by atoms with van der Waals surface area (Å²) in [5.41, 5.74) is 4.27. The van der Waals surface area contributed by atoms with Crippen molar-refractivity contribution in [3.63, 3.8) is 0 Å². The van der Waals surface area contributed by atoms with Crippen molar-refractivity contribution in [1.82, 2.24) is 0 Å². The van der Waals surface area contributed by atoms with Crippen molar-refractivity contribution in [2.75, 3.05) is 0 Å². The maximum atomic E-state index is 2.30. The Morgan fingerprint density at radius 1 is 0.700 bits per heavy atom. The molecular weight excluding hydrogens is 284 g/mol. The Kier molecular flexibility index (Phi) is 6.39. The maximum Gasteiger partial charge on any atom is 2.00 e. The zero-order chi connectivity index (χ0) is 12.9. The standard InChI is InChI=1S/C14H11.C5H5.Fe/c1-2-6-11(5-1)14-9-12-7-3-4-8-13(12)10-14;1-2-4-5-3-1;/h1-9H,10H2;1-5H;/q;;+2. The van der Waals surface area contributed by atoms with Crippen molar-refractivity contribution in [2.24, 2.45) is 0 Å². The summed E-state index contributed by atoms with van der Waals surface area (Å²) >= 11 is 0. The van der Waals surface area contributed by atoms with Crippen molar-refractivity contribution in [2.45, 2.75) is 6.42 Å². The molecule has 0 aliphatic heterocycles. The van der Waals surface area contributed by atoms with Gasteiger partial charge in [-0.25, -0.2) is 0 Å². The van der Waals surface area contributed by atoms with E-state index in [9.17, 15) is 0 Å². The van der Waals surface area contributed by atoms with Crippen LogP contribution in [0, 0.1) is 63.7 Å². The van der Waals surface area contributed by atoms with Gasteiger partial charge >= 0.3 is 17.1 Å². The molecule has 0 amide bonds. The predicted molar refractivity (Wildman–Crippen MR) is 80.1 cm³/mol. The molecule has 2 fully saturated rings. The Hall–Kier alpha value is -0.521. The molecule has 0 unspecified atom stereocenters. The number of rotatable bonds is 1. The van der Waals surface area contributed by atoms with Crippen molar-refractivity contribution in [3.05, 3.63) is 105 Å². The molecule has 1 aromatic rings. The first kappa shape index (κ1) is 15.9. The summed E-state index contributed by atoms with van der Waals surface area (Å²) in [6.07, 6.45) is 21.9. The van der Waals surface area contributed by atoms with Gasteiger partial charge in [0.15, 0.2) is 0 Å². The van der Waals surface area contributed by atoms with Crippen LogP contribution in [0.3, 0.4) is 0 Å². The molecule has 3 aliphatic carbocycles. The fourth-order valence-corrected chi connectivity index (χ4v) is 2.37. The van der Waals surface area contributed by atoms with Gasteiger partial charge in [0.2, 0.25) is 0 Å². The molecule has 10 radical (unpaired) electrons. The summed E-state index contributed by atoms with van der Waals surface area (Å²) in [4.78, 5) is 0. The number of hydrogen-bond donors (Lipinski definition) is 0. The van der Waals surface area contributed by atoms with Crippen LogP contribution in [0.1, 0.15) is 11.1 Å². The first-order valence-electron chi connectivity index (χ1n) is 6.61. The van der Waals surface area contributed by atoms with Crippen LogP contribution in [0.5, 0.6) is 0 Å². The Labute approximate surface area is 134 Å². The molecule has 0 bridgehead atoms. The minimum atomic E-state index is 0. The van der Waals surface area contributed by atoms with Gasteiger partial charge in [-0.05, 0) is 75.3 Å². The summed E-state index contributed by atoms with van der Waals surface area (Å²) in [7, 11) is 0. The molecule has 0 nitrogen and oxygen atoms in total. The van der Waals surface area contributed by atoms with Crippen LogP contribution in [-0.4, -0.2) is 0 Å². The van der Waals surface area contributed by atoms with Crippen LogP contribution < -0.4 is 0 Å². The Morgan fingerprint density at radius 3 is 1.90 bits per heavy atom. The maximum absolute atomic E-state index is 2.30. The summed E-state index contributed by atoms with van der Waals surface area (Å²) in [6, 6.07) is 8.61. The van der Waals surface area contributed by atoms with E-state index in [2.05, 4.69) is 56.0 Å². The first-order valence-corrected chi connectivity index (χ1v) is 6.61. The molecule has 2 saturated carbocycles. The van der Waals surface area contributed by atoms with Gasteiger partial charge in [0, 0.05) is 5.92 Å². The quantitative estimate of drug-likeness (QED) is 0.686. The minimum Gasteiger partial charge on any atom is -0.0619 e. The molecule has 0 atom stereocenters. The molecule has 0 N–H and O–H groups in total. The minimum absolute atomic E-state index is 0. The Bertz CT molecular complexity index is 429. The third-order valence-corrected chi connectivity index (χ3v) is 3.35. The topological polar surface area (TPSA) is 0 Å². The molecule has 1 heteroatoms. The zero-order valence-electron chi connectivity index (χ0n) is 11.1. The Morgan fingerprint density at radius 2 is 1.30 bits per heavy atom. The first-order chi connectivity index (χ1) is 9.43. The van der Waals surface area contributed by atoms with Crippen molar-refractivity contribution < 1.29 is 17.1 Å². The van der Waals surface area contributed by atoms with Crippen LogP contribution in [0.15, 0.2) is 29.8 Å². The normalized spacial score (nSPS) is 20.7. The SMILES string of the molecule is [CH]1[CH][CH][CH][CH]1.[CH]1[CH][CH][C](C2=Cc3ccccc3C2)[CH]1.[Fe+2]. The number of allylic oxidation sites excluding steroid dienone is 1. The molecule has 98 valence electrons. The van der Waals surface area contributed by atoms with Gasteiger partial charge < -0.3 is 0 Å². The van der Waals surface area contributed by atoms with Crippen molar-refractivity contribution >= 4 is 6.08 Å². The van der Waals surface area contributed by atoms with E-state index in [-0.39, 0.29) is 17.1 Å². The smallest absolute Gasteiger partial charge is 0.0619 e. The van der Waals surface area contributed by atoms with Gasteiger partial charge in [0.05, 0.1) is 0 Å². The van der Waals surface area contributed by atoms with Gasteiger partial charge in [-0.1, -0.05) is 35.9 Å². The molecule has 0 spiro atoms. The second-order valence-electron chi connectivity index (χ2n) is 4.68. The number of benzene rings is 1. The van der Waals surface area contributed by atoms with Gasteiger partial charge in [-0.2, -0.15) is 0 Å². The molecule has 0 saturated heterocycles. The van der Waals surface area contributed by atoms with E-state index in [1.807, 2.05) is 32.1 Å². The fraction of sp³-hybridized carbons (Fsp3) is 0.0526. The van der Waals surface area contributed by atoms with Gasteiger partial charge in [-0.3, -0.25) is 0 Å². The molecule has 4 rings (SSSR count). The van der Waals surface area contributed by atoms with Crippen molar-refractivity contribution in [1.29, 1.82) is 0 Å². The summed E-state index contributed by atoms with van der Waals surface area (Å²) < 4.78 is 0. The van der Waals surface area contributed by atoms with Crippen LogP contribution in [0.2, 0.25) is 0 Å². The summed E-state index contributed by atoms with van der Waals surface area (Å²) in [5.74, 6) is 1.36. The molecule has 3 aliphatic rings. The molecule has 0 heterocycles. The molecule has 20 heavy (non-hydrogen) atoms. The van der Waals surface area contributed by atoms with E-state index >= 15 is 0 Å². The number of hydrogen-bond acceptors (Lipinski definition) is 0. The molecular formula is C19H16Fe+2.